The number of sulfone groups is 1. The van der Waals surface area contributed by atoms with Crippen molar-refractivity contribution < 1.29 is 18.3 Å². The van der Waals surface area contributed by atoms with E-state index in [2.05, 4.69) is 0 Å². The summed E-state index contributed by atoms with van der Waals surface area (Å²) in [6.07, 6.45) is 0. The van der Waals surface area contributed by atoms with E-state index in [1.165, 1.54) is 0 Å². The van der Waals surface area contributed by atoms with Crippen LogP contribution in [0.25, 0.3) is 0 Å². The molecule has 0 atom stereocenters. The third-order valence-electron chi connectivity index (χ3n) is 3.24. The molecule has 0 aromatic heterocycles. The van der Waals surface area contributed by atoms with Crippen LogP contribution in [-0.4, -0.2) is 20.1 Å². The molecule has 0 fully saturated rings. The third-order valence-corrected chi connectivity index (χ3v) is 4.76. The summed E-state index contributed by atoms with van der Waals surface area (Å²) in [6, 6.07) is 14.1. The molecule has 0 bridgehead atoms. The Morgan fingerprint density at radius 1 is 0.955 bits per heavy atom. The lowest BCUT2D eigenvalue weighted by Crippen LogP contribution is -2.09. The molecule has 0 spiro atoms. The van der Waals surface area contributed by atoms with E-state index in [1.54, 1.807) is 36.4 Å². The second kappa shape index (κ2) is 7.42. The van der Waals surface area contributed by atoms with Crippen LogP contribution in [0.2, 0.25) is 0 Å². The molecule has 0 saturated heterocycles. The lowest BCUT2D eigenvalue weighted by molar-refractivity contribution is 0.282. The molecule has 4 nitrogen and oxygen atoms in total. The van der Waals surface area contributed by atoms with E-state index in [0.29, 0.717) is 23.5 Å². The topological polar surface area (TPSA) is 63.6 Å². The first-order chi connectivity index (χ1) is 10.5. The molecule has 0 saturated carbocycles. The van der Waals surface area contributed by atoms with Gasteiger partial charge < -0.3 is 9.84 Å². The van der Waals surface area contributed by atoms with Crippen molar-refractivity contribution in [2.45, 2.75) is 25.0 Å². The Morgan fingerprint density at radius 3 is 2.23 bits per heavy atom. The predicted molar refractivity (Wildman–Crippen MR) is 86.3 cm³/mol. The van der Waals surface area contributed by atoms with Gasteiger partial charge in [0.1, 0.15) is 5.75 Å². The zero-order valence-electron chi connectivity index (χ0n) is 12.5. The summed E-state index contributed by atoms with van der Waals surface area (Å²) in [5, 5.41) is 9.00. The SMILES string of the molecule is CCOc1ccccc1CS(=O)(=O)Cc1ccc(CO)cc1. The van der Waals surface area contributed by atoms with Crippen LogP contribution in [0.5, 0.6) is 5.75 Å². The van der Waals surface area contributed by atoms with Crippen molar-refractivity contribution in [2.24, 2.45) is 0 Å². The van der Waals surface area contributed by atoms with Gasteiger partial charge in [0, 0.05) is 5.56 Å². The minimum atomic E-state index is -3.29. The predicted octanol–water partition coefficient (Wildman–Crippen LogP) is 2.69. The zero-order chi connectivity index (χ0) is 16.0. The van der Waals surface area contributed by atoms with E-state index in [-0.39, 0.29) is 18.1 Å². The van der Waals surface area contributed by atoms with Gasteiger partial charge in [-0.25, -0.2) is 8.42 Å². The summed E-state index contributed by atoms with van der Waals surface area (Å²) in [4.78, 5) is 0. The van der Waals surface area contributed by atoms with E-state index in [4.69, 9.17) is 9.84 Å². The number of ether oxygens (including phenoxy) is 1. The molecule has 5 heteroatoms. The number of hydrogen-bond donors (Lipinski definition) is 1. The molecule has 2 aromatic rings. The molecule has 0 heterocycles. The van der Waals surface area contributed by atoms with E-state index in [1.807, 2.05) is 19.1 Å². The van der Waals surface area contributed by atoms with Crippen molar-refractivity contribution in [2.75, 3.05) is 6.61 Å². The van der Waals surface area contributed by atoms with Crippen LogP contribution >= 0.6 is 0 Å². The largest absolute Gasteiger partial charge is 0.494 e. The zero-order valence-corrected chi connectivity index (χ0v) is 13.3. The van der Waals surface area contributed by atoms with Gasteiger partial charge in [0.25, 0.3) is 0 Å². The lowest BCUT2D eigenvalue weighted by Gasteiger charge is -2.10. The van der Waals surface area contributed by atoms with Gasteiger partial charge in [-0.15, -0.1) is 0 Å². The van der Waals surface area contributed by atoms with Crippen molar-refractivity contribution >= 4 is 9.84 Å². The summed E-state index contributed by atoms with van der Waals surface area (Å²) in [5.41, 5.74) is 2.16. The molecular weight excluding hydrogens is 300 g/mol. The van der Waals surface area contributed by atoms with Crippen LogP contribution in [0.1, 0.15) is 23.6 Å². The Balaban J connectivity index is 2.13. The van der Waals surface area contributed by atoms with Crippen LogP contribution < -0.4 is 4.74 Å². The molecule has 22 heavy (non-hydrogen) atoms. The Labute approximate surface area is 131 Å². The highest BCUT2D eigenvalue weighted by Gasteiger charge is 2.16. The summed E-state index contributed by atoms with van der Waals surface area (Å²) >= 11 is 0. The fourth-order valence-electron chi connectivity index (χ4n) is 2.20. The molecule has 1 N–H and O–H groups in total. The highest BCUT2D eigenvalue weighted by Crippen LogP contribution is 2.22. The van der Waals surface area contributed by atoms with E-state index >= 15 is 0 Å². The highest BCUT2D eigenvalue weighted by atomic mass is 32.2. The Morgan fingerprint density at radius 2 is 1.59 bits per heavy atom. The molecule has 0 aliphatic carbocycles. The highest BCUT2D eigenvalue weighted by molar-refractivity contribution is 7.89. The van der Waals surface area contributed by atoms with Crippen molar-refractivity contribution in [1.29, 1.82) is 0 Å². The van der Waals surface area contributed by atoms with Crippen LogP contribution in [0.15, 0.2) is 48.5 Å². The van der Waals surface area contributed by atoms with Crippen LogP contribution in [0.4, 0.5) is 0 Å². The van der Waals surface area contributed by atoms with Crippen molar-refractivity contribution in [1.82, 2.24) is 0 Å². The van der Waals surface area contributed by atoms with E-state index in [9.17, 15) is 8.42 Å². The average Bonchev–Trinajstić information content (AvgIpc) is 2.49. The summed E-state index contributed by atoms with van der Waals surface area (Å²) < 4.78 is 30.2. The number of rotatable bonds is 7. The Kier molecular flexibility index (Phi) is 5.57. The van der Waals surface area contributed by atoms with Gasteiger partial charge in [0.15, 0.2) is 9.84 Å². The maximum absolute atomic E-state index is 12.4. The molecule has 2 rings (SSSR count). The maximum Gasteiger partial charge on any atom is 0.158 e. The van der Waals surface area contributed by atoms with Crippen LogP contribution in [0, 0.1) is 0 Å². The van der Waals surface area contributed by atoms with Gasteiger partial charge in [0.2, 0.25) is 0 Å². The maximum atomic E-state index is 12.4. The second-order valence-corrected chi connectivity index (χ2v) is 7.11. The first kappa shape index (κ1) is 16.5. The second-order valence-electron chi connectivity index (χ2n) is 5.05. The van der Waals surface area contributed by atoms with Gasteiger partial charge in [0.05, 0.1) is 24.7 Å². The normalized spacial score (nSPS) is 11.4. The smallest absolute Gasteiger partial charge is 0.158 e. The quantitative estimate of drug-likeness (QED) is 0.852. The van der Waals surface area contributed by atoms with E-state index < -0.39 is 9.84 Å². The Hall–Kier alpha value is -1.85. The number of hydrogen-bond acceptors (Lipinski definition) is 4. The van der Waals surface area contributed by atoms with Crippen molar-refractivity contribution in [3.05, 3.63) is 65.2 Å². The van der Waals surface area contributed by atoms with Gasteiger partial charge >= 0.3 is 0 Å². The fraction of sp³-hybridized carbons (Fsp3) is 0.294. The van der Waals surface area contributed by atoms with Crippen LogP contribution in [0.3, 0.4) is 0 Å². The molecule has 2 aromatic carbocycles. The van der Waals surface area contributed by atoms with Gasteiger partial charge in [-0.1, -0.05) is 42.5 Å². The lowest BCUT2D eigenvalue weighted by atomic mass is 10.2. The summed E-state index contributed by atoms with van der Waals surface area (Å²) in [5.74, 6) is 0.536. The van der Waals surface area contributed by atoms with Gasteiger partial charge in [-0.05, 0) is 24.1 Å². The minimum absolute atomic E-state index is 0.0286. The van der Waals surface area contributed by atoms with Crippen LogP contribution in [-0.2, 0) is 27.9 Å². The summed E-state index contributed by atoms with van der Waals surface area (Å²) in [6.45, 7) is 2.32. The fourth-order valence-corrected chi connectivity index (χ4v) is 3.72. The molecule has 118 valence electrons. The van der Waals surface area contributed by atoms with Crippen molar-refractivity contribution in [3.63, 3.8) is 0 Å². The first-order valence-corrected chi connectivity index (χ1v) is 8.96. The number of aliphatic hydroxyl groups excluding tert-OH is 1. The van der Waals surface area contributed by atoms with E-state index in [0.717, 1.165) is 5.56 Å². The van der Waals surface area contributed by atoms with Gasteiger partial charge in [-0.2, -0.15) is 0 Å². The molecule has 0 radical (unpaired) electrons. The number of aliphatic hydroxyl groups is 1. The minimum Gasteiger partial charge on any atom is -0.494 e. The molecule has 0 aliphatic heterocycles. The Bertz CT molecular complexity index is 706. The van der Waals surface area contributed by atoms with Gasteiger partial charge in [-0.3, -0.25) is 0 Å². The summed E-state index contributed by atoms with van der Waals surface area (Å²) in [7, 11) is -3.29. The average molecular weight is 320 g/mol. The third kappa shape index (κ3) is 4.58. The molecule has 0 amide bonds. The molecule has 0 unspecified atom stereocenters. The number of benzene rings is 2. The molecular formula is C17H20O4S. The standard InChI is InChI=1S/C17H20O4S/c1-2-21-17-6-4-3-5-16(17)13-22(19,20)12-15-9-7-14(11-18)8-10-15/h3-10,18H,2,11-13H2,1H3. The van der Waals surface area contributed by atoms with Crippen molar-refractivity contribution in [3.8, 4) is 5.75 Å². The molecule has 0 aliphatic rings. The first-order valence-electron chi connectivity index (χ1n) is 7.14. The number of para-hydroxylation sites is 1. The monoisotopic (exact) mass is 320 g/mol.